The van der Waals surface area contributed by atoms with Gasteiger partial charge in [0.1, 0.15) is 10.5 Å². The Morgan fingerprint density at radius 1 is 0.607 bits per heavy atom. The zero-order valence-electron chi connectivity index (χ0n) is 15.2. The molecule has 4 unspecified atom stereocenters. The number of rotatable bonds is 13. The highest BCUT2D eigenvalue weighted by Gasteiger charge is 2.40. The quantitative estimate of drug-likeness (QED) is 0.258. The molecule has 28 heavy (non-hydrogen) atoms. The minimum atomic E-state index is -5.06. The van der Waals surface area contributed by atoms with E-state index in [-0.39, 0.29) is 19.3 Å². The Kier molecular flexibility index (Phi) is 9.97. The van der Waals surface area contributed by atoms with Gasteiger partial charge in [-0.2, -0.15) is 33.7 Å². The molecule has 0 aromatic carbocycles. The van der Waals surface area contributed by atoms with E-state index in [1.165, 1.54) is 6.92 Å². The molecule has 4 N–H and O–H groups in total. The zero-order chi connectivity index (χ0) is 22.6. The van der Waals surface area contributed by atoms with Crippen molar-refractivity contribution in [3.8, 4) is 0 Å². The molecule has 0 saturated carbocycles. The predicted molar refractivity (Wildman–Crippen MR) is 100 cm³/mol. The third kappa shape index (κ3) is 9.43. The van der Waals surface area contributed by atoms with Gasteiger partial charge in [0, 0.05) is 0 Å². The van der Waals surface area contributed by atoms with Gasteiger partial charge in [-0.05, 0) is 39.0 Å². The second-order valence-electron chi connectivity index (χ2n) is 6.49. The van der Waals surface area contributed by atoms with E-state index in [1.807, 2.05) is 0 Å². The van der Waals surface area contributed by atoms with Crippen molar-refractivity contribution in [3.63, 3.8) is 0 Å². The van der Waals surface area contributed by atoms with E-state index >= 15 is 0 Å². The summed E-state index contributed by atoms with van der Waals surface area (Å²) in [5.41, 5.74) is 0. The first-order valence-corrected chi connectivity index (χ1v) is 14.2. The van der Waals surface area contributed by atoms with Crippen molar-refractivity contribution in [2.45, 2.75) is 73.4 Å². The van der Waals surface area contributed by atoms with Crippen LogP contribution in [0.1, 0.15) is 52.4 Å². The van der Waals surface area contributed by atoms with Gasteiger partial charge in [-0.15, -0.1) is 0 Å². The van der Waals surface area contributed by atoms with E-state index in [9.17, 15) is 42.8 Å². The van der Waals surface area contributed by atoms with Crippen molar-refractivity contribution < 1.29 is 51.9 Å². The van der Waals surface area contributed by atoms with Crippen LogP contribution in [0.15, 0.2) is 0 Å². The molecule has 0 rings (SSSR count). The summed E-state index contributed by atoms with van der Waals surface area (Å²) in [5.74, 6) is 0. The summed E-state index contributed by atoms with van der Waals surface area (Å²) in [7, 11) is -19.0. The minimum absolute atomic E-state index is 0.00295. The van der Waals surface area contributed by atoms with Gasteiger partial charge in [0.2, 0.25) is 0 Å². The van der Waals surface area contributed by atoms with Crippen LogP contribution in [0.2, 0.25) is 0 Å². The maximum Gasteiger partial charge on any atom is 0.269 e. The highest BCUT2D eigenvalue weighted by Crippen LogP contribution is 2.25. The molecule has 16 heteroatoms. The van der Waals surface area contributed by atoms with Crippen LogP contribution < -0.4 is 0 Å². The Morgan fingerprint density at radius 2 is 1.04 bits per heavy atom. The van der Waals surface area contributed by atoms with E-state index in [1.54, 1.807) is 0 Å². The largest absolute Gasteiger partial charge is 0.285 e. The van der Waals surface area contributed by atoms with Crippen molar-refractivity contribution >= 4 is 40.5 Å². The van der Waals surface area contributed by atoms with Crippen LogP contribution in [0.3, 0.4) is 0 Å². The van der Waals surface area contributed by atoms with Gasteiger partial charge in [-0.3, -0.25) is 18.2 Å². The molecular formula is C12H26O12S4. The minimum Gasteiger partial charge on any atom is -0.285 e. The average Bonchev–Trinajstić information content (AvgIpc) is 2.44. The smallest absolute Gasteiger partial charge is 0.269 e. The summed E-state index contributed by atoms with van der Waals surface area (Å²) >= 11 is 0. The third-order valence-corrected chi connectivity index (χ3v) is 9.93. The molecule has 0 aromatic heterocycles. The summed E-state index contributed by atoms with van der Waals surface area (Å²) in [6, 6.07) is 0. The molecule has 0 aliphatic rings. The van der Waals surface area contributed by atoms with Gasteiger partial charge in [0.05, 0.1) is 10.5 Å². The Balaban J connectivity index is 5.55. The van der Waals surface area contributed by atoms with Gasteiger partial charge < -0.3 is 0 Å². The van der Waals surface area contributed by atoms with E-state index in [0.717, 1.165) is 6.92 Å². The Morgan fingerprint density at radius 3 is 1.36 bits per heavy atom. The SMILES string of the molecule is CCC(CCCC(C(CCC(C)S(=O)(=O)O)S(=O)(=O)O)S(=O)(=O)O)S(=O)(=O)O. The molecule has 0 fully saturated rings. The number of hydrogen-bond acceptors (Lipinski definition) is 8. The van der Waals surface area contributed by atoms with Gasteiger partial charge in [-0.1, -0.05) is 13.3 Å². The molecule has 0 aliphatic carbocycles. The lowest BCUT2D eigenvalue weighted by Gasteiger charge is -2.23. The van der Waals surface area contributed by atoms with Crippen LogP contribution in [0.4, 0.5) is 0 Å². The molecular weight excluding hydrogens is 464 g/mol. The van der Waals surface area contributed by atoms with E-state index in [4.69, 9.17) is 9.11 Å². The van der Waals surface area contributed by atoms with Crippen LogP contribution in [0.25, 0.3) is 0 Å². The van der Waals surface area contributed by atoms with Gasteiger partial charge in [0.25, 0.3) is 40.5 Å². The summed E-state index contributed by atoms with van der Waals surface area (Å²) in [6.45, 7) is 2.49. The lowest BCUT2D eigenvalue weighted by Crippen LogP contribution is -2.40. The van der Waals surface area contributed by atoms with E-state index in [2.05, 4.69) is 0 Å². The molecule has 170 valence electrons. The van der Waals surface area contributed by atoms with Crippen LogP contribution in [-0.2, 0) is 40.5 Å². The van der Waals surface area contributed by atoms with Gasteiger partial charge >= 0.3 is 0 Å². The second kappa shape index (κ2) is 10.1. The van der Waals surface area contributed by atoms with Crippen molar-refractivity contribution in [1.29, 1.82) is 0 Å². The van der Waals surface area contributed by atoms with Gasteiger partial charge in [0.15, 0.2) is 0 Å². The normalized spacial score (nSPS) is 18.4. The summed E-state index contributed by atoms with van der Waals surface area (Å²) in [5, 5.41) is -6.84. The molecule has 0 aliphatic heterocycles. The maximum atomic E-state index is 11.6. The average molecular weight is 491 g/mol. The van der Waals surface area contributed by atoms with Crippen LogP contribution in [0, 0.1) is 0 Å². The third-order valence-electron chi connectivity index (χ3n) is 4.44. The standard InChI is InChI=1S/C12H26O12S4/c1-3-10(26(16,17)18)5-4-6-11(27(19,20)21)12(28(22,23)24)8-7-9(2)25(13,14)15/h9-12H,3-8H2,1-2H3,(H,13,14,15)(H,16,17,18)(H,19,20,21)(H,22,23,24). The predicted octanol–water partition coefficient (Wildman–Crippen LogP) is 0.392. The Labute approximate surface area is 165 Å². The molecule has 4 atom stereocenters. The highest BCUT2D eigenvalue weighted by atomic mass is 32.2. The first-order chi connectivity index (χ1) is 12.3. The molecule has 0 bridgehead atoms. The molecule has 0 aromatic rings. The highest BCUT2D eigenvalue weighted by molar-refractivity contribution is 7.90. The van der Waals surface area contributed by atoms with Crippen LogP contribution in [0.5, 0.6) is 0 Å². The number of hydrogen-bond donors (Lipinski definition) is 4. The summed E-state index contributed by atoms with van der Waals surface area (Å²) < 4.78 is 128. The zero-order valence-corrected chi connectivity index (χ0v) is 18.5. The second-order valence-corrected chi connectivity index (χ2v) is 13.3. The first-order valence-electron chi connectivity index (χ1n) is 8.17. The Hall–Kier alpha value is -0.360. The topological polar surface area (TPSA) is 217 Å². The molecule has 12 nitrogen and oxygen atoms in total. The van der Waals surface area contributed by atoms with Crippen molar-refractivity contribution in [2.75, 3.05) is 0 Å². The van der Waals surface area contributed by atoms with Gasteiger partial charge in [-0.25, -0.2) is 0 Å². The monoisotopic (exact) mass is 490 g/mol. The van der Waals surface area contributed by atoms with Crippen molar-refractivity contribution in [3.05, 3.63) is 0 Å². The fourth-order valence-electron chi connectivity index (χ4n) is 2.71. The first kappa shape index (κ1) is 27.6. The summed E-state index contributed by atoms with van der Waals surface area (Å²) in [4.78, 5) is 0. The molecule has 0 amide bonds. The fraction of sp³-hybridized carbons (Fsp3) is 1.00. The lowest BCUT2D eigenvalue weighted by atomic mass is 10.1. The maximum absolute atomic E-state index is 11.6. The molecule has 0 saturated heterocycles. The lowest BCUT2D eigenvalue weighted by molar-refractivity contribution is 0.413. The van der Waals surface area contributed by atoms with E-state index in [0.29, 0.717) is 0 Å². The molecule has 0 radical (unpaired) electrons. The molecule has 0 spiro atoms. The van der Waals surface area contributed by atoms with Crippen LogP contribution in [-0.4, -0.2) is 72.9 Å². The van der Waals surface area contributed by atoms with Crippen molar-refractivity contribution in [1.82, 2.24) is 0 Å². The Bertz CT molecular complexity index is 917. The summed E-state index contributed by atoms with van der Waals surface area (Å²) in [6.07, 6.45) is -2.28. The molecule has 0 heterocycles. The fourth-order valence-corrected chi connectivity index (χ4v) is 6.81. The van der Waals surface area contributed by atoms with Crippen molar-refractivity contribution in [2.24, 2.45) is 0 Å². The van der Waals surface area contributed by atoms with E-state index < -0.39 is 80.7 Å². The van der Waals surface area contributed by atoms with Crippen LogP contribution >= 0.6 is 0 Å².